The zero-order valence-corrected chi connectivity index (χ0v) is 17.2. The number of hydrogen-bond donors (Lipinski definition) is 1. The van der Waals surface area contributed by atoms with Crippen molar-refractivity contribution in [3.8, 4) is 17.2 Å². The maximum absolute atomic E-state index is 5.85. The molecule has 0 heterocycles. The number of benzene rings is 2. The molecule has 0 aromatic heterocycles. The first-order valence-electron chi connectivity index (χ1n) is 8.56. The second-order valence-corrected chi connectivity index (χ2v) is 6.69. The molecule has 2 aromatic rings. The number of hydrazone groups is 1. The van der Waals surface area contributed by atoms with Gasteiger partial charge in [0.2, 0.25) is 0 Å². The smallest absolute Gasteiger partial charge is 0.175 e. The Morgan fingerprint density at radius 2 is 1.96 bits per heavy atom. The molecule has 2 aromatic carbocycles. The Kier molecular flexibility index (Phi) is 7.78. The van der Waals surface area contributed by atoms with E-state index in [4.69, 9.17) is 14.2 Å². The summed E-state index contributed by atoms with van der Waals surface area (Å²) in [4.78, 5) is 0. The van der Waals surface area contributed by atoms with Gasteiger partial charge in [0.15, 0.2) is 11.5 Å². The molecule has 0 amide bonds. The lowest BCUT2D eigenvalue weighted by Crippen LogP contribution is -2.09. The standard InChI is InChI=1S/C20H25BrN2O3/c1-5-25-19-11-15(10-17(21)20(19)26-14(2)3)12-22-23-13-16-8-6-7-9-18(16)24-4/h6-12,14,23H,5,13H2,1-4H3/b22-12-. The summed E-state index contributed by atoms with van der Waals surface area (Å²) in [6, 6.07) is 11.7. The number of nitrogens with one attached hydrogen (secondary N) is 1. The van der Waals surface area contributed by atoms with E-state index in [1.54, 1.807) is 13.3 Å². The minimum absolute atomic E-state index is 0.0625. The fraction of sp³-hybridized carbons (Fsp3) is 0.350. The Morgan fingerprint density at radius 3 is 2.65 bits per heavy atom. The summed E-state index contributed by atoms with van der Waals surface area (Å²) in [6.07, 6.45) is 1.81. The molecule has 26 heavy (non-hydrogen) atoms. The summed E-state index contributed by atoms with van der Waals surface area (Å²) in [5, 5.41) is 4.30. The van der Waals surface area contributed by atoms with Crippen LogP contribution in [0.15, 0.2) is 46.0 Å². The topological polar surface area (TPSA) is 52.1 Å². The largest absolute Gasteiger partial charge is 0.496 e. The van der Waals surface area contributed by atoms with Crippen LogP contribution in [-0.4, -0.2) is 26.0 Å². The molecule has 0 aliphatic carbocycles. The lowest BCUT2D eigenvalue weighted by Gasteiger charge is -2.16. The van der Waals surface area contributed by atoms with Gasteiger partial charge >= 0.3 is 0 Å². The van der Waals surface area contributed by atoms with Crippen LogP contribution in [0, 0.1) is 0 Å². The second kappa shape index (κ2) is 10.1. The molecule has 0 saturated heterocycles. The van der Waals surface area contributed by atoms with Crippen LogP contribution in [0.5, 0.6) is 17.2 Å². The van der Waals surface area contributed by atoms with E-state index in [2.05, 4.69) is 26.5 Å². The molecule has 0 spiro atoms. The molecule has 0 bridgehead atoms. The van der Waals surface area contributed by atoms with E-state index in [1.165, 1.54) is 0 Å². The van der Waals surface area contributed by atoms with Gasteiger partial charge in [0.05, 0.1) is 37.1 Å². The highest BCUT2D eigenvalue weighted by Gasteiger charge is 2.13. The average molecular weight is 421 g/mol. The van der Waals surface area contributed by atoms with Crippen molar-refractivity contribution in [3.05, 3.63) is 52.0 Å². The maximum atomic E-state index is 5.85. The number of halogens is 1. The Labute approximate surface area is 163 Å². The molecular formula is C20H25BrN2O3. The lowest BCUT2D eigenvalue weighted by atomic mass is 10.2. The van der Waals surface area contributed by atoms with Crippen LogP contribution in [0.25, 0.3) is 0 Å². The van der Waals surface area contributed by atoms with Gasteiger partial charge in [-0.1, -0.05) is 18.2 Å². The third-order valence-corrected chi connectivity index (χ3v) is 4.04. The first-order valence-corrected chi connectivity index (χ1v) is 9.35. The van der Waals surface area contributed by atoms with Gasteiger partial charge in [-0.2, -0.15) is 5.10 Å². The van der Waals surface area contributed by atoms with Crippen molar-refractivity contribution in [2.75, 3.05) is 13.7 Å². The second-order valence-electron chi connectivity index (χ2n) is 5.83. The first-order chi connectivity index (χ1) is 12.5. The number of methoxy groups -OCH3 is 1. The van der Waals surface area contributed by atoms with Crippen LogP contribution < -0.4 is 19.6 Å². The zero-order valence-electron chi connectivity index (χ0n) is 15.6. The van der Waals surface area contributed by atoms with Crippen molar-refractivity contribution in [3.63, 3.8) is 0 Å². The normalized spacial score (nSPS) is 11.0. The number of para-hydroxylation sites is 1. The summed E-state index contributed by atoms with van der Waals surface area (Å²) in [5.41, 5.74) is 5.00. The third kappa shape index (κ3) is 5.66. The van der Waals surface area contributed by atoms with Crippen LogP contribution in [0.2, 0.25) is 0 Å². The zero-order chi connectivity index (χ0) is 18.9. The molecule has 5 nitrogen and oxygen atoms in total. The first kappa shape index (κ1) is 20.1. The van der Waals surface area contributed by atoms with E-state index in [-0.39, 0.29) is 6.10 Å². The van der Waals surface area contributed by atoms with Crippen molar-refractivity contribution in [2.45, 2.75) is 33.4 Å². The summed E-state index contributed by atoms with van der Waals surface area (Å²) in [7, 11) is 1.66. The number of ether oxygens (including phenoxy) is 3. The minimum Gasteiger partial charge on any atom is -0.496 e. The van der Waals surface area contributed by atoms with Crippen molar-refractivity contribution in [2.24, 2.45) is 5.10 Å². The van der Waals surface area contributed by atoms with Gasteiger partial charge in [-0.3, -0.25) is 0 Å². The van der Waals surface area contributed by atoms with Crippen LogP contribution in [0.4, 0.5) is 0 Å². The quantitative estimate of drug-likeness (QED) is 0.468. The van der Waals surface area contributed by atoms with E-state index >= 15 is 0 Å². The van der Waals surface area contributed by atoms with Gasteiger partial charge in [-0.25, -0.2) is 0 Å². The maximum Gasteiger partial charge on any atom is 0.175 e. The van der Waals surface area contributed by atoms with Gasteiger partial charge < -0.3 is 19.6 Å². The van der Waals surface area contributed by atoms with Crippen molar-refractivity contribution < 1.29 is 14.2 Å². The van der Waals surface area contributed by atoms with Crippen molar-refractivity contribution in [1.29, 1.82) is 0 Å². The van der Waals surface area contributed by atoms with Crippen molar-refractivity contribution in [1.82, 2.24) is 5.43 Å². The molecule has 2 rings (SSSR count). The SMILES string of the molecule is CCOc1cc(/C=N\NCc2ccccc2OC)cc(Br)c1OC(C)C. The van der Waals surface area contributed by atoms with Crippen molar-refractivity contribution >= 4 is 22.1 Å². The van der Waals surface area contributed by atoms with Crippen LogP contribution in [0.1, 0.15) is 31.9 Å². The van der Waals surface area contributed by atoms with Gasteiger partial charge in [0.1, 0.15) is 5.75 Å². The highest BCUT2D eigenvalue weighted by atomic mass is 79.9. The van der Waals surface area contributed by atoms with Gasteiger partial charge in [0.25, 0.3) is 0 Å². The molecule has 0 unspecified atom stereocenters. The minimum atomic E-state index is 0.0625. The van der Waals surface area contributed by atoms with Gasteiger partial charge in [-0.15, -0.1) is 0 Å². The van der Waals surface area contributed by atoms with E-state index < -0.39 is 0 Å². The van der Waals surface area contributed by atoms with E-state index in [0.29, 0.717) is 24.7 Å². The van der Waals surface area contributed by atoms with Gasteiger partial charge in [0, 0.05) is 5.56 Å². The van der Waals surface area contributed by atoms with E-state index in [0.717, 1.165) is 21.3 Å². The molecule has 0 aliphatic rings. The highest BCUT2D eigenvalue weighted by Crippen LogP contribution is 2.37. The molecule has 0 saturated carbocycles. The Morgan fingerprint density at radius 1 is 1.19 bits per heavy atom. The molecule has 140 valence electrons. The molecule has 1 N–H and O–H groups in total. The summed E-state index contributed by atoms with van der Waals surface area (Å²) in [5.74, 6) is 2.24. The lowest BCUT2D eigenvalue weighted by molar-refractivity contribution is 0.222. The Balaban J connectivity index is 2.09. The molecule has 0 atom stereocenters. The molecule has 6 heteroatoms. The predicted octanol–water partition coefficient (Wildman–Crippen LogP) is 4.77. The third-order valence-electron chi connectivity index (χ3n) is 3.45. The van der Waals surface area contributed by atoms with Crippen LogP contribution in [0.3, 0.4) is 0 Å². The highest BCUT2D eigenvalue weighted by molar-refractivity contribution is 9.10. The molecule has 0 fully saturated rings. The predicted molar refractivity (Wildman–Crippen MR) is 109 cm³/mol. The molecule has 0 aliphatic heterocycles. The fourth-order valence-electron chi connectivity index (χ4n) is 2.38. The molecular weight excluding hydrogens is 396 g/mol. The molecule has 0 radical (unpaired) electrons. The van der Waals surface area contributed by atoms with Crippen LogP contribution in [-0.2, 0) is 6.54 Å². The fourth-order valence-corrected chi connectivity index (χ4v) is 2.93. The summed E-state index contributed by atoms with van der Waals surface area (Å²) >= 11 is 3.56. The Bertz CT molecular complexity index is 748. The number of rotatable bonds is 9. The summed E-state index contributed by atoms with van der Waals surface area (Å²) in [6.45, 7) is 7.06. The monoisotopic (exact) mass is 420 g/mol. The number of hydrogen-bond acceptors (Lipinski definition) is 5. The summed E-state index contributed by atoms with van der Waals surface area (Å²) < 4.78 is 17.7. The van der Waals surface area contributed by atoms with E-state index in [9.17, 15) is 0 Å². The van der Waals surface area contributed by atoms with Crippen LogP contribution >= 0.6 is 15.9 Å². The van der Waals surface area contributed by atoms with E-state index in [1.807, 2.05) is 57.2 Å². The Hall–Kier alpha value is -2.21. The average Bonchev–Trinajstić information content (AvgIpc) is 2.62. The number of nitrogens with zero attached hydrogens (tertiary/aromatic N) is 1. The van der Waals surface area contributed by atoms with Gasteiger partial charge in [-0.05, 0) is 60.5 Å².